The minimum atomic E-state index is -0.150. The highest BCUT2D eigenvalue weighted by atomic mass is 16.3. The number of H-pyrrole nitrogens is 1. The van der Waals surface area contributed by atoms with Gasteiger partial charge in [0.1, 0.15) is 0 Å². The number of carbonyl (C=O) groups is 2. The Morgan fingerprint density at radius 2 is 1.80 bits per heavy atom. The van der Waals surface area contributed by atoms with Crippen LogP contribution in [-0.4, -0.2) is 16.6 Å². The Morgan fingerprint density at radius 1 is 1.00 bits per heavy atom. The third-order valence-corrected chi connectivity index (χ3v) is 3.26. The van der Waals surface area contributed by atoms with Crippen molar-refractivity contribution >= 4 is 22.5 Å². The number of ketones is 2. The summed E-state index contributed by atoms with van der Waals surface area (Å²) in [5.41, 5.74) is 1.56. The van der Waals surface area contributed by atoms with Gasteiger partial charge in [0.25, 0.3) is 0 Å². The van der Waals surface area contributed by atoms with E-state index in [2.05, 4.69) is 4.98 Å². The maximum Gasteiger partial charge on any atom is 0.198 e. The second kappa shape index (κ2) is 5.17. The highest BCUT2D eigenvalue weighted by Gasteiger charge is 2.15. The van der Waals surface area contributed by atoms with E-state index in [0.717, 1.165) is 10.9 Å². The third-order valence-electron chi connectivity index (χ3n) is 3.26. The lowest BCUT2D eigenvalue weighted by Crippen LogP contribution is -2.04. The molecule has 4 heteroatoms. The normalized spacial score (nSPS) is 10.8. The SMILES string of the molecule is O=C(CCC(=O)c1c[nH]c2ccccc12)c1ccco1. The molecule has 1 aromatic carbocycles. The second-order valence-electron chi connectivity index (χ2n) is 4.57. The first-order valence-electron chi connectivity index (χ1n) is 6.42. The maximum absolute atomic E-state index is 12.2. The Labute approximate surface area is 115 Å². The van der Waals surface area contributed by atoms with Crippen molar-refractivity contribution in [3.05, 3.63) is 60.2 Å². The molecular weight excluding hydrogens is 254 g/mol. The third kappa shape index (κ3) is 2.28. The van der Waals surface area contributed by atoms with Gasteiger partial charge in [-0.05, 0) is 18.2 Å². The van der Waals surface area contributed by atoms with E-state index in [-0.39, 0.29) is 24.4 Å². The predicted molar refractivity (Wildman–Crippen MR) is 74.9 cm³/mol. The van der Waals surface area contributed by atoms with E-state index < -0.39 is 0 Å². The van der Waals surface area contributed by atoms with Crippen molar-refractivity contribution in [3.63, 3.8) is 0 Å². The average Bonchev–Trinajstić information content (AvgIpc) is 3.13. The molecule has 2 aromatic heterocycles. The fourth-order valence-corrected chi connectivity index (χ4v) is 2.22. The van der Waals surface area contributed by atoms with Crippen molar-refractivity contribution in [3.8, 4) is 0 Å². The first-order valence-corrected chi connectivity index (χ1v) is 6.42. The van der Waals surface area contributed by atoms with Crippen LogP contribution in [0.3, 0.4) is 0 Å². The molecule has 1 N–H and O–H groups in total. The van der Waals surface area contributed by atoms with E-state index >= 15 is 0 Å². The van der Waals surface area contributed by atoms with Crippen LogP contribution in [0.15, 0.2) is 53.3 Å². The number of fused-ring (bicyclic) bond motifs is 1. The van der Waals surface area contributed by atoms with Gasteiger partial charge in [-0.1, -0.05) is 18.2 Å². The van der Waals surface area contributed by atoms with Crippen molar-refractivity contribution in [1.82, 2.24) is 4.98 Å². The maximum atomic E-state index is 12.2. The lowest BCUT2D eigenvalue weighted by atomic mass is 10.0. The second-order valence-corrected chi connectivity index (χ2v) is 4.57. The number of hydrogen-bond acceptors (Lipinski definition) is 3. The highest BCUT2D eigenvalue weighted by Crippen LogP contribution is 2.20. The van der Waals surface area contributed by atoms with Crippen LogP contribution in [-0.2, 0) is 0 Å². The van der Waals surface area contributed by atoms with Crippen LogP contribution in [0.5, 0.6) is 0 Å². The van der Waals surface area contributed by atoms with Crippen molar-refractivity contribution < 1.29 is 14.0 Å². The number of Topliss-reactive ketones (excluding diaryl/α,β-unsaturated/α-hetero) is 2. The van der Waals surface area contributed by atoms with Gasteiger partial charge in [-0.15, -0.1) is 0 Å². The summed E-state index contributed by atoms with van der Waals surface area (Å²) >= 11 is 0. The van der Waals surface area contributed by atoms with Gasteiger partial charge in [0, 0.05) is 35.5 Å². The van der Waals surface area contributed by atoms with Gasteiger partial charge < -0.3 is 9.40 Å². The zero-order valence-electron chi connectivity index (χ0n) is 10.8. The number of hydrogen-bond donors (Lipinski definition) is 1. The van der Waals surface area contributed by atoms with Crippen molar-refractivity contribution in [2.45, 2.75) is 12.8 Å². The fourth-order valence-electron chi connectivity index (χ4n) is 2.22. The van der Waals surface area contributed by atoms with E-state index in [1.807, 2.05) is 24.3 Å². The van der Waals surface area contributed by atoms with Crippen LogP contribution >= 0.6 is 0 Å². The lowest BCUT2D eigenvalue weighted by Gasteiger charge is -1.98. The van der Waals surface area contributed by atoms with E-state index in [9.17, 15) is 9.59 Å². The number of furan rings is 1. The van der Waals surface area contributed by atoms with Crippen molar-refractivity contribution in [2.24, 2.45) is 0 Å². The molecule has 0 saturated carbocycles. The largest absolute Gasteiger partial charge is 0.461 e. The van der Waals surface area contributed by atoms with E-state index in [1.54, 1.807) is 18.3 Å². The smallest absolute Gasteiger partial charge is 0.198 e. The molecule has 0 bridgehead atoms. The van der Waals surface area contributed by atoms with Gasteiger partial charge >= 0.3 is 0 Å². The number of benzene rings is 1. The van der Waals surface area contributed by atoms with E-state index in [1.165, 1.54) is 6.26 Å². The summed E-state index contributed by atoms with van der Waals surface area (Å²) in [5.74, 6) is 0.113. The van der Waals surface area contributed by atoms with Gasteiger partial charge in [0.15, 0.2) is 17.3 Å². The molecule has 100 valence electrons. The molecule has 0 unspecified atom stereocenters. The van der Waals surface area contributed by atoms with Crippen LogP contribution in [0, 0.1) is 0 Å². The molecule has 3 rings (SSSR count). The first kappa shape index (κ1) is 12.4. The van der Waals surface area contributed by atoms with Gasteiger partial charge in [-0.2, -0.15) is 0 Å². The highest BCUT2D eigenvalue weighted by molar-refractivity contribution is 6.09. The van der Waals surface area contributed by atoms with Crippen LogP contribution in [0.25, 0.3) is 10.9 Å². The molecule has 0 radical (unpaired) electrons. The predicted octanol–water partition coefficient (Wildman–Crippen LogP) is 3.61. The van der Waals surface area contributed by atoms with Crippen LogP contribution in [0.1, 0.15) is 33.8 Å². The van der Waals surface area contributed by atoms with Crippen LogP contribution in [0.4, 0.5) is 0 Å². The van der Waals surface area contributed by atoms with Crippen molar-refractivity contribution in [2.75, 3.05) is 0 Å². The Bertz CT molecular complexity index is 753. The topological polar surface area (TPSA) is 63.1 Å². The summed E-state index contributed by atoms with van der Waals surface area (Å²) in [4.78, 5) is 27.0. The summed E-state index contributed by atoms with van der Waals surface area (Å²) < 4.78 is 5.02. The summed E-state index contributed by atoms with van der Waals surface area (Å²) in [6, 6.07) is 10.9. The molecule has 0 aliphatic heterocycles. The molecule has 4 nitrogen and oxygen atoms in total. The molecule has 0 spiro atoms. The monoisotopic (exact) mass is 267 g/mol. The Morgan fingerprint density at radius 3 is 2.60 bits per heavy atom. The van der Waals surface area contributed by atoms with Gasteiger partial charge in [-0.3, -0.25) is 9.59 Å². The molecule has 0 aliphatic carbocycles. The molecule has 0 amide bonds. The minimum absolute atomic E-state index is 0.0395. The van der Waals surface area contributed by atoms with Gasteiger partial charge in [0.2, 0.25) is 0 Å². The molecule has 20 heavy (non-hydrogen) atoms. The summed E-state index contributed by atoms with van der Waals surface area (Å²) in [7, 11) is 0. The lowest BCUT2D eigenvalue weighted by molar-refractivity contribution is 0.0903. The minimum Gasteiger partial charge on any atom is -0.461 e. The number of aromatic amines is 1. The Hall–Kier alpha value is -2.62. The van der Waals surface area contributed by atoms with Crippen LogP contribution in [0.2, 0.25) is 0 Å². The summed E-state index contributed by atoms with van der Waals surface area (Å²) in [6.45, 7) is 0. The molecule has 0 fully saturated rings. The zero-order valence-corrected chi connectivity index (χ0v) is 10.8. The molecule has 3 aromatic rings. The number of nitrogens with one attached hydrogen (secondary N) is 1. The van der Waals surface area contributed by atoms with E-state index in [0.29, 0.717) is 11.3 Å². The fraction of sp³-hybridized carbons (Fsp3) is 0.125. The molecule has 0 atom stereocenters. The molecule has 0 saturated heterocycles. The first-order chi connectivity index (χ1) is 9.75. The average molecular weight is 267 g/mol. The van der Waals surface area contributed by atoms with Gasteiger partial charge in [0.05, 0.1) is 6.26 Å². The molecular formula is C16H13NO3. The Balaban J connectivity index is 1.72. The number of para-hydroxylation sites is 1. The number of rotatable bonds is 5. The summed E-state index contributed by atoms with van der Waals surface area (Å²) in [6.07, 6.45) is 3.49. The number of carbonyl (C=O) groups excluding carboxylic acids is 2. The zero-order chi connectivity index (χ0) is 13.9. The summed E-state index contributed by atoms with van der Waals surface area (Å²) in [5, 5.41) is 0.892. The van der Waals surface area contributed by atoms with Crippen molar-refractivity contribution in [1.29, 1.82) is 0 Å². The number of aromatic nitrogens is 1. The Kier molecular flexibility index (Phi) is 3.21. The molecule has 0 aliphatic rings. The quantitative estimate of drug-likeness (QED) is 0.718. The van der Waals surface area contributed by atoms with E-state index in [4.69, 9.17) is 4.42 Å². The van der Waals surface area contributed by atoms with Crippen LogP contribution < -0.4 is 0 Å². The van der Waals surface area contributed by atoms with Gasteiger partial charge in [-0.25, -0.2) is 0 Å². The standard InChI is InChI=1S/C16H13NO3/c18-14(7-8-15(19)16-6-3-9-20-16)12-10-17-13-5-2-1-4-11(12)13/h1-6,9-10,17H,7-8H2. The molecule has 2 heterocycles.